The highest BCUT2D eigenvalue weighted by molar-refractivity contribution is 7.89. The zero-order valence-corrected chi connectivity index (χ0v) is 19.1. The molecule has 2 aromatic rings. The SMILES string of the molecule is O=C(CN1CCOCC1)N1CCN(C(=O)c2ccc(S(=O)(=O)NCc3ccco3)cc2)CC1. The smallest absolute Gasteiger partial charge is 0.253 e. The maximum Gasteiger partial charge on any atom is 0.253 e. The summed E-state index contributed by atoms with van der Waals surface area (Å²) in [6.07, 6.45) is 1.48. The molecule has 2 aliphatic heterocycles. The molecular formula is C22H28N4O6S. The van der Waals surface area contributed by atoms with Crippen LogP contribution in [0.3, 0.4) is 0 Å². The third-order valence-electron chi connectivity index (χ3n) is 5.81. The van der Waals surface area contributed by atoms with Crippen LogP contribution in [0.25, 0.3) is 0 Å². The van der Waals surface area contributed by atoms with Crippen LogP contribution in [0.2, 0.25) is 0 Å². The van der Waals surface area contributed by atoms with E-state index in [0.29, 0.717) is 57.3 Å². The van der Waals surface area contributed by atoms with Gasteiger partial charge in [0.1, 0.15) is 5.76 Å². The second-order valence-electron chi connectivity index (χ2n) is 7.99. The summed E-state index contributed by atoms with van der Waals surface area (Å²) in [5, 5.41) is 0. The standard InChI is InChI=1S/C22H28N4O6S/c27-21(17-24-11-14-31-15-12-24)25-7-9-26(10-8-25)22(28)18-3-5-20(6-4-18)33(29,30)23-16-19-2-1-13-32-19/h1-6,13,23H,7-12,14-17H2. The number of nitrogens with one attached hydrogen (secondary N) is 1. The van der Waals surface area contributed by atoms with Gasteiger partial charge in [0.2, 0.25) is 15.9 Å². The first-order chi connectivity index (χ1) is 15.9. The lowest BCUT2D eigenvalue weighted by atomic mass is 10.2. The first-order valence-electron chi connectivity index (χ1n) is 10.9. The molecule has 2 saturated heterocycles. The number of morpholine rings is 1. The van der Waals surface area contributed by atoms with E-state index in [-0.39, 0.29) is 23.3 Å². The summed E-state index contributed by atoms with van der Waals surface area (Å²) >= 11 is 0. The number of hydrogen-bond acceptors (Lipinski definition) is 7. The van der Waals surface area contributed by atoms with Gasteiger partial charge in [0.15, 0.2) is 0 Å². The number of piperazine rings is 1. The molecule has 2 amide bonds. The summed E-state index contributed by atoms with van der Waals surface area (Å²) < 4.78 is 37.8. The van der Waals surface area contributed by atoms with Crippen LogP contribution < -0.4 is 4.72 Å². The number of sulfonamides is 1. The second kappa shape index (κ2) is 10.5. The van der Waals surface area contributed by atoms with E-state index in [9.17, 15) is 18.0 Å². The number of furan rings is 1. The Morgan fingerprint density at radius 2 is 1.58 bits per heavy atom. The molecule has 0 bridgehead atoms. The van der Waals surface area contributed by atoms with Crippen LogP contribution in [0, 0.1) is 0 Å². The second-order valence-corrected chi connectivity index (χ2v) is 9.76. The minimum atomic E-state index is -3.72. The number of ether oxygens (including phenoxy) is 1. The van der Waals surface area contributed by atoms with E-state index < -0.39 is 10.0 Å². The van der Waals surface area contributed by atoms with Gasteiger partial charge >= 0.3 is 0 Å². The van der Waals surface area contributed by atoms with Crippen molar-refractivity contribution in [2.24, 2.45) is 0 Å². The molecule has 4 rings (SSSR count). The summed E-state index contributed by atoms with van der Waals surface area (Å²) in [7, 11) is -3.72. The van der Waals surface area contributed by atoms with Gasteiger partial charge in [-0.05, 0) is 36.4 Å². The van der Waals surface area contributed by atoms with Crippen LogP contribution in [0.15, 0.2) is 52.0 Å². The van der Waals surface area contributed by atoms with Gasteiger partial charge in [-0.25, -0.2) is 13.1 Å². The fourth-order valence-electron chi connectivity index (χ4n) is 3.83. The molecule has 1 aromatic carbocycles. The summed E-state index contributed by atoms with van der Waals surface area (Å²) in [5.41, 5.74) is 0.410. The van der Waals surface area contributed by atoms with Gasteiger partial charge in [0.25, 0.3) is 5.91 Å². The molecule has 0 spiro atoms. The zero-order chi connectivity index (χ0) is 23.3. The van der Waals surface area contributed by atoms with Gasteiger partial charge in [0.05, 0.1) is 37.5 Å². The van der Waals surface area contributed by atoms with Crippen molar-refractivity contribution in [1.82, 2.24) is 19.4 Å². The lowest BCUT2D eigenvalue weighted by Gasteiger charge is -2.36. The molecular weight excluding hydrogens is 448 g/mol. The van der Waals surface area contributed by atoms with Gasteiger partial charge in [0, 0.05) is 44.8 Å². The Hall–Kier alpha value is -2.73. The number of amides is 2. The highest BCUT2D eigenvalue weighted by Crippen LogP contribution is 2.15. The topological polar surface area (TPSA) is 112 Å². The van der Waals surface area contributed by atoms with E-state index in [1.54, 1.807) is 21.9 Å². The van der Waals surface area contributed by atoms with Crippen molar-refractivity contribution in [3.8, 4) is 0 Å². The molecule has 0 saturated carbocycles. The molecule has 2 aliphatic rings. The molecule has 2 fully saturated rings. The highest BCUT2D eigenvalue weighted by atomic mass is 32.2. The lowest BCUT2D eigenvalue weighted by molar-refractivity contribution is -0.134. The molecule has 0 unspecified atom stereocenters. The summed E-state index contributed by atoms with van der Waals surface area (Å²) in [6, 6.07) is 9.23. The molecule has 0 radical (unpaired) electrons. The van der Waals surface area contributed by atoms with E-state index in [1.807, 2.05) is 0 Å². The number of carbonyl (C=O) groups excluding carboxylic acids is 2. The Morgan fingerprint density at radius 3 is 2.21 bits per heavy atom. The Morgan fingerprint density at radius 1 is 0.909 bits per heavy atom. The van der Waals surface area contributed by atoms with Crippen LogP contribution in [-0.4, -0.2) is 94.0 Å². The van der Waals surface area contributed by atoms with Gasteiger partial charge in [-0.1, -0.05) is 0 Å². The van der Waals surface area contributed by atoms with Crippen molar-refractivity contribution < 1.29 is 27.2 Å². The van der Waals surface area contributed by atoms with Crippen molar-refractivity contribution in [3.05, 3.63) is 54.0 Å². The molecule has 178 valence electrons. The van der Waals surface area contributed by atoms with Crippen molar-refractivity contribution in [2.45, 2.75) is 11.4 Å². The van der Waals surface area contributed by atoms with Gasteiger partial charge in [-0.3, -0.25) is 14.5 Å². The van der Waals surface area contributed by atoms with Gasteiger partial charge < -0.3 is 19.0 Å². The molecule has 0 aliphatic carbocycles. The molecule has 11 heteroatoms. The van der Waals surface area contributed by atoms with E-state index in [2.05, 4.69) is 9.62 Å². The fourth-order valence-corrected chi connectivity index (χ4v) is 4.82. The molecule has 33 heavy (non-hydrogen) atoms. The summed E-state index contributed by atoms with van der Waals surface area (Å²) in [5.74, 6) is 0.399. The van der Waals surface area contributed by atoms with Gasteiger partial charge in [-0.2, -0.15) is 0 Å². The monoisotopic (exact) mass is 476 g/mol. The number of carbonyl (C=O) groups is 2. The number of hydrogen-bond donors (Lipinski definition) is 1. The molecule has 1 aromatic heterocycles. The molecule has 1 N–H and O–H groups in total. The van der Waals surface area contributed by atoms with E-state index >= 15 is 0 Å². The Balaban J connectivity index is 1.28. The van der Waals surface area contributed by atoms with E-state index in [1.165, 1.54) is 30.5 Å². The van der Waals surface area contributed by atoms with Crippen LogP contribution in [-0.2, 0) is 26.1 Å². The number of nitrogens with zero attached hydrogens (tertiary/aromatic N) is 3. The van der Waals surface area contributed by atoms with Crippen LogP contribution >= 0.6 is 0 Å². The van der Waals surface area contributed by atoms with E-state index in [4.69, 9.17) is 9.15 Å². The average molecular weight is 477 g/mol. The Labute approximate surface area is 193 Å². The van der Waals surface area contributed by atoms with Crippen molar-refractivity contribution >= 4 is 21.8 Å². The number of benzene rings is 1. The maximum absolute atomic E-state index is 12.9. The van der Waals surface area contributed by atoms with Crippen LogP contribution in [0.1, 0.15) is 16.1 Å². The Kier molecular flexibility index (Phi) is 7.43. The predicted octanol–water partition coefficient (Wildman–Crippen LogP) is 0.375. The minimum absolute atomic E-state index is 0.0462. The first-order valence-corrected chi connectivity index (χ1v) is 12.4. The van der Waals surface area contributed by atoms with Crippen molar-refractivity contribution in [1.29, 1.82) is 0 Å². The highest BCUT2D eigenvalue weighted by Gasteiger charge is 2.26. The summed E-state index contributed by atoms with van der Waals surface area (Å²) in [6.45, 7) is 5.09. The third kappa shape index (κ3) is 5.99. The van der Waals surface area contributed by atoms with Crippen molar-refractivity contribution in [3.63, 3.8) is 0 Å². The summed E-state index contributed by atoms with van der Waals surface area (Å²) in [4.78, 5) is 31.0. The van der Waals surface area contributed by atoms with Crippen LogP contribution in [0.4, 0.5) is 0 Å². The minimum Gasteiger partial charge on any atom is -0.468 e. The average Bonchev–Trinajstić information content (AvgIpc) is 3.37. The number of rotatable bonds is 7. The zero-order valence-electron chi connectivity index (χ0n) is 18.3. The fraction of sp³-hybridized carbons (Fsp3) is 0.455. The lowest BCUT2D eigenvalue weighted by Crippen LogP contribution is -2.53. The maximum atomic E-state index is 12.9. The third-order valence-corrected chi connectivity index (χ3v) is 7.23. The van der Waals surface area contributed by atoms with Crippen LogP contribution in [0.5, 0.6) is 0 Å². The molecule has 0 atom stereocenters. The largest absolute Gasteiger partial charge is 0.468 e. The Bertz CT molecular complexity index is 1040. The quantitative estimate of drug-likeness (QED) is 0.615. The molecule has 3 heterocycles. The normalized spacial score (nSPS) is 17.8. The first kappa shape index (κ1) is 23.4. The van der Waals surface area contributed by atoms with Crippen molar-refractivity contribution in [2.75, 3.05) is 59.0 Å². The molecule has 10 nitrogen and oxygen atoms in total. The predicted molar refractivity (Wildman–Crippen MR) is 119 cm³/mol. The van der Waals surface area contributed by atoms with Gasteiger partial charge in [-0.15, -0.1) is 0 Å². The van der Waals surface area contributed by atoms with E-state index in [0.717, 1.165) is 13.1 Å².